The lowest BCUT2D eigenvalue weighted by atomic mass is 10.1. The molecule has 2 nitrogen and oxygen atoms in total. The highest BCUT2D eigenvalue weighted by atomic mass is 19.3. The van der Waals surface area contributed by atoms with Gasteiger partial charge in [-0.05, 0) is 25.0 Å². The molecule has 1 aromatic carbocycles. The Morgan fingerprint density at radius 2 is 1.65 bits per heavy atom. The fourth-order valence-corrected chi connectivity index (χ4v) is 1.62. The molecule has 1 aromatic rings. The van der Waals surface area contributed by atoms with Crippen LogP contribution in [0.3, 0.4) is 0 Å². The van der Waals surface area contributed by atoms with E-state index >= 15 is 0 Å². The van der Waals surface area contributed by atoms with Crippen LogP contribution in [0, 0.1) is 0 Å². The number of nitrogens with zero attached hydrogens (tertiary/aromatic N) is 1. The SMILES string of the molecule is CC(C)N(Cc1ccc(CO)cc1)CC(F)F. The number of alkyl halides is 2. The number of halogens is 2. The Morgan fingerprint density at radius 1 is 1.12 bits per heavy atom. The topological polar surface area (TPSA) is 23.5 Å². The van der Waals surface area contributed by atoms with Crippen molar-refractivity contribution in [1.82, 2.24) is 4.90 Å². The largest absolute Gasteiger partial charge is 0.392 e. The van der Waals surface area contributed by atoms with E-state index in [-0.39, 0.29) is 19.2 Å². The van der Waals surface area contributed by atoms with Gasteiger partial charge in [-0.2, -0.15) is 0 Å². The van der Waals surface area contributed by atoms with Gasteiger partial charge in [0.1, 0.15) is 0 Å². The lowest BCUT2D eigenvalue weighted by Crippen LogP contribution is -2.34. The van der Waals surface area contributed by atoms with Gasteiger partial charge in [-0.15, -0.1) is 0 Å². The minimum Gasteiger partial charge on any atom is -0.392 e. The highest BCUT2D eigenvalue weighted by Gasteiger charge is 2.15. The zero-order valence-corrected chi connectivity index (χ0v) is 10.2. The van der Waals surface area contributed by atoms with Crippen LogP contribution in [0.4, 0.5) is 8.78 Å². The number of rotatable bonds is 6. The van der Waals surface area contributed by atoms with Crippen molar-refractivity contribution < 1.29 is 13.9 Å². The van der Waals surface area contributed by atoms with Crippen LogP contribution in [0.1, 0.15) is 25.0 Å². The molecule has 0 bridgehead atoms. The van der Waals surface area contributed by atoms with Crippen LogP contribution in [-0.4, -0.2) is 29.0 Å². The summed E-state index contributed by atoms with van der Waals surface area (Å²) in [7, 11) is 0. The summed E-state index contributed by atoms with van der Waals surface area (Å²) in [6, 6.07) is 7.45. The molecule has 0 heterocycles. The number of hydrogen-bond donors (Lipinski definition) is 1. The summed E-state index contributed by atoms with van der Waals surface area (Å²) >= 11 is 0. The molecule has 0 saturated carbocycles. The number of aliphatic hydroxyl groups excluding tert-OH is 1. The van der Waals surface area contributed by atoms with Gasteiger partial charge in [-0.3, -0.25) is 4.90 Å². The molecule has 4 heteroatoms. The van der Waals surface area contributed by atoms with E-state index in [1.54, 1.807) is 4.90 Å². The number of aliphatic hydroxyl groups is 1. The first-order valence-electron chi connectivity index (χ1n) is 5.73. The van der Waals surface area contributed by atoms with Crippen molar-refractivity contribution in [2.75, 3.05) is 6.54 Å². The van der Waals surface area contributed by atoms with E-state index in [0.717, 1.165) is 11.1 Å². The molecule has 0 unspecified atom stereocenters. The first-order valence-corrected chi connectivity index (χ1v) is 5.73. The second-order valence-corrected chi connectivity index (χ2v) is 4.39. The van der Waals surface area contributed by atoms with Crippen molar-refractivity contribution in [2.24, 2.45) is 0 Å². The maximum Gasteiger partial charge on any atom is 0.251 e. The molecular weight excluding hydrogens is 224 g/mol. The zero-order chi connectivity index (χ0) is 12.8. The first kappa shape index (κ1) is 14.1. The van der Waals surface area contributed by atoms with Crippen molar-refractivity contribution in [1.29, 1.82) is 0 Å². The van der Waals surface area contributed by atoms with Gasteiger partial charge in [0.05, 0.1) is 13.2 Å². The third kappa shape index (κ3) is 4.79. The molecule has 0 spiro atoms. The van der Waals surface area contributed by atoms with Crippen LogP contribution >= 0.6 is 0 Å². The summed E-state index contributed by atoms with van der Waals surface area (Å²) < 4.78 is 24.8. The molecule has 17 heavy (non-hydrogen) atoms. The van der Waals surface area contributed by atoms with Crippen LogP contribution in [0.2, 0.25) is 0 Å². The molecule has 0 atom stereocenters. The van der Waals surface area contributed by atoms with E-state index in [2.05, 4.69) is 0 Å². The zero-order valence-electron chi connectivity index (χ0n) is 10.2. The van der Waals surface area contributed by atoms with Crippen molar-refractivity contribution in [3.8, 4) is 0 Å². The molecule has 0 aliphatic heterocycles. The molecule has 0 aliphatic rings. The van der Waals surface area contributed by atoms with Crippen LogP contribution in [0.5, 0.6) is 0 Å². The van der Waals surface area contributed by atoms with Gasteiger partial charge < -0.3 is 5.11 Å². The van der Waals surface area contributed by atoms with Gasteiger partial charge in [0, 0.05) is 12.6 Å². The van der Waals surface area contributed by atoms with Gasteiger partial charge in [-0.1, -0.05) is 24.3 Å². The Labute approximate surface area is 101 Å². The van der Waals surface area contributed by atoms with Crippen molar-refractivity contribution in [2.45, 2.75) is 39.5 Å². The molecule has 0 fully saturated rings. The van der Waals surface area contributed by atoms with Crippen molar-refractivity contribution >= 4 is 0 Å². The van der Waals surface area contributed by atoms with Gasteiger partial charge in [0.15, 0.2) is 0 Å². The average molecular weight is 243 g/mol. The normalized spacial score (nSPS) is 11.8. The Bertz CT molecular complexity index is 325. The number of benzene rings is 1. The Balaban J connectivity index is 2.65. The maximum atomic E-state index is 12.4. The minimum atomic E-state index is -2.31. The van der Waals surface area contributed by atoms with Crippen LogP contribution in [0.15, 0.2) is 24.3 Å². The second-order valence-electron chi connectivity index (χ2n) is 4.39. The lowest BCUT2D eigenvalue weighted by Gasteiger charge is -2.26. The van der Waals surface area contributed by atoms with Crippen LogP contribution in [-0.2, 0) is 13.2 Å². The Kier molecular flexibility index (Phi) is 5.51. The standard InChI is InChI=1S/C13H19F2NO/c1-10(2)16(8-13(14)15)7-11-3-5-12(9-17)6-4-11/h3-6,10,13,17H,7-9H2,1-2H3. The third-order valence-electron chi connectivity index (χ3n) is 2.69. The lowest BCUT2D eigenvalue weighted by molar-refractivity contribution is 0.0689. The van der Waals surface area contributed by atoms with Gasteiger partial charge in [-0.25, -0.2) is 8.78 Å². The quantitative estimate of drug-likeness (QED) is 0.830. The van der Waals surface area contributed by atoms with Gasteiger partial charge in [0.2, 0.25) is 0 Å². The summed E-state index contributed by atoms with van der Waals surface area (Å²) in [5.41, 5.74) is 1.82. The van der Waals surface area contributed by atoms with E-state index in [1.807, 2.05) is 38.1 Å². The monoisotopic (exact) mass is 243 g/mol. The molecule has 1 rings (SSSR count). The van der Waals surface area contributed by atoms with Crippen molar-refractivity contribution in [3.05, 3.63) is 35.4 Å². The van der Waals surface area contributed by atoms with Gasteiger partial charge >= 0.3 is 0 Å². The van der Waals surface area contributed by atoms with E-state index in [4.69, 9.17) is 5.11 Å². The summed E-state index contributed by atoms with van der Waals surface area (Å²) in [4.78, 5) is 1.73. The van der Waals surface area contributed by atoms with Crippen LogP contribution < -0.4 is 0 Å². The predicted molar refractivity (Wildman–Crippen MR) is 63.9 cm³/mol. The fraction of sp³-hybridized carbons (Fsp3) is 0.538. The van der Waals surface area contributed by atoms with Crippen LogP contribution in [0.25, 0.3) is 0 Å². The van der Waals surface area contributed by atoms with Crippen molar-refractivity contribution in [3.63, 3.8) is 0 Å². The minimum absolute atomic E-state index is 0.00517. The second kappa shape index (κ2) is 6.67. The summed E-state index contributed by atoms with van der Waals surface area (Å²) in [5, 5.41) is 8.91. The summed E-state index contributed by atoms with van der Waals surface area (Å²) in [6.07, 6.45) is -2.31. The molecule has 0 aliphatic carbocycles. The molecule has 1 N–H and O–H groups in total. The molecule has 0 radical (unpaired) electrons. The van der Waals surface area contributed by atoms with Gasteiger partial charge in [0.25, 0.3) is 6.43 Å². The predicted octanol–water partition coefficient (Wildman–Crippen LogP) is 2.65. The highest BCUT2D eigenvalue weighted by Crippen LogP contribution is 2.11. The van der Waals surface area contributed by atoms with E-state index in [9.17, 15) is 8.78 Å². The molecule has 0 aromatic heterocycles. The highest BCUT2D eigenvalue weighted by molar-refractivity contribution is 5.21. The molecule has 0 amide bonds. The number of hydrogen-bond acceptors (Lipinski definition) is 2. The van der Waals surface area contributed by atoms with E-state index in [0.29, 0.717) is 6.54 Å². The average Bonchev–Trinajstić information content (AvgIpc) is 2.28. The van der Waals surface area contributed by atoms with E-state index in [1.165, 1.54) is 0 Å². The molecule has 96 valence electrons. The maximum absolute atomic E-state index is 12.4. The Morgan fingerprint density at radius 3 is 2.06 bits per heavy atom. The summed E-state index contributed by atoms with van der Waals surface area (Å²) in [6.45, 7) is 4.12. The fourth-order valence-electron chi connectivity index (χ4n) is 1.62. The first-order chi connectivity index (χ1) is 8.02. The third-order valence-corrected chi connectivity index (χ3v) is 2.69. The molecule has 0 saturated heterocycles. The Hall–Kier alpha value is -1.00. The summed E-state index contributed by atoms with van der Waals surface area (Å²) in [5.74, 6) is 0. The van der Waals surface area contributed by atoms with E-state index < -0.39 is 6.43 Å². The smallest absolute Gasteiger partial charge is 0.251 e. The molecular formula is C13H19F2NO.